The van der Waals surface area contributed by atoms with Gasteiger partial charge in [-0.3, -0.25) is 0 Å². The molecule has 0 aliphatic carbocycles. The molecule has 1 atom stereocenters. The largest absolute Gasteiger partial charge is 0.488 e. The van der Waals surface area contributed by atoms with E-state index in [1.165, 1.54) is 16.7 Å². The SMILES string of the molecule is Cc1ccc(C(C)O)c(OCc2c(C)cccc2C)c1. The van der Waals surface area contributed by atoms with Gasteiger partial charge in [0.15, 0.2) is 0 Å². The van der Waals surface area contributed by atoms with Gasteiger partial charge < -0.3 is 9.84 Å². The number of aryl methyl sites for hydroxylation is 3. The zero-order chi connectivity index (χ0) is 14.7. The Labute approximate surface area is 121 Å². The fourth-order valence-corrected chi connectivity index (χ4v) is 2.34. The van der Waals surface area contributed by atoms with Crippen LogP contribution in [0, 0.1) is 20.8 Å². The van der Waals surface area contributed by atoms with Gasteiger partial charge in [0.2, 0.25) is 0 Å². The Morgan fingerprint density at radius 3 is 2.30 bits per heavy atom. The number of aliphatic hydroxyl groups excluding tert-OH is 1. The average molecular weight is 270 g/mol. The molecule has 1 unspecified atom stereocenters. The van der Waals surface area contributed by atoms with Crippen molar-refractivity contribution in [1.82, 2.24) is 0 Å². The van der Waals surface area contributed by atoms with E-state index < -0.39 is 6.10 Å². The Morgan fingerprint density at radius 1 is 1.05 bits per heavy atom. The zero-order valence-electron chi connectivity index (χ0n) is 12.6. The van der Waals surface area contributed by atoms with Crippen molar-refractivity contribution >= 4 is 0 Å². The summed E-state index contributed by atoms with van der Waals surface area (Å²) in [6, 6.07) is 12.2. The van der Waals surface area contributed by atoms with E-state index in [4.69, 9.17) is 4.74 Å². The van der Waals surface area contributed by atoms with Gasteiger partial charge in [-0.2, -0.15) is 0 Å². The number of ether oxygens (including phenoxy) is 1. The third-order valence-corrected chi connectivity index (χ3v) is 3.64. The van der Waals surface area contributed by atoms with E-state index in [0.29, 0.717) is 6.61 Å². The molecule has 0 radical (unpaired) electrons. The molecule has 2 nitrogen and oxygen atoms in total. The van der Waals surface area contributed by atoms with Crippen LogP contribution in [0.4, 0.5) is 0 Å². The molecular weight excluding hydrogens is 248 g/mol. The number of hydrogen-bond donors (Lipinski definition) is 1. The molecule has 0 aliphatic rings. The van der Waals surface area contributed by atoms with E-state index in [0.717, 1.165) is 16.9 Å². The number of aliphatic hydroxyl groups is 1. The maximum atomic E-state index is 9.82. The number of hydrogen-bond acceptors (Lipinski definition) is 2. The van der Waals surface area contributed by atoms with Crippen molar-refractivity contribution < 1.29 is 9.84 Å². The van der Waals surface area contributed by atoms with E-state index in [1.54, 1.807) is 6.92 Å². The molecule has 0 heterocycles. The summed E-state index contributed by atoms with van der Waals surface area (Å²) in [5.41, 5.74) is 5.64. The highest BCUT2D eigenvalue weighted by molar-refractivity contribution is 5.39. The molecule has 0 aliphatic heterocycles. The van der Waals surface area contributed by atoms with Crippen LogP contribution in [-0.4, -0.2) is 5.11 Å². The van der Waals surface area contributed by atoms with E-state index in [-0.39, 0.29) is 0 Å². The Hall–Kier alpha value is -1.80. The molecule has 1 N–H and O–H groups in total. The quantitative estimate of drug-likeness (QED) is 0.900. The highest BCUT2D eigenvalue weighted by Crippen LogP contribution is 2.27. The first-order valence-electron chi connectivity index (χ1n) is 6.95. The number of rotatable bonds is 4. The van der Waals surface area contributed by atoms with Crippen LogP contribution in [0.2, 0.25) is 0 Å². The zero-order valence-corrected chi connectivity index (χ0v) is 12.6. The lowest BCUT2D eigenvalue weighted by atomic mass is 10.0. The molecule has 106 valence electrons. The summed E-state index contributed by atoms with van der Waals surface area (Å²) in [6.45, 7) is 8.50. The second-order valence-corrected chi connectivity index (χ2v) is 5.38. The van der Waals surface area contributed by atoms with Crippen LogP contribution in [0.3, 0.4) is 0 Å². The summed E-state index contributed by atoms with van der Waals surface area (Å²) < 4.78 is 5.97. The highest BCUT2D eigenvalue weighted by atomic mass is 16.5. The van der Waals surface area contributed by atoms with Gasteiger partial charge in [-0.15, -0.1) is 0 Å². The maximum Gasteiger partial charge on any atom is 0.125 e. The maximum absolute atomic E-state index is 9.82. The summed E-state index contributed by atoms with van der Waals surface area (Å²) in [7, 11) is 0. The van der Waals surface area contributed by atoms with Gasteiger partial charge in [-0.1, -0.05) is 30.3 Å². The first-order chi connectivity index (χ1) is 9.49. The third-order valence-electron chi connectivity index (χ3n) is 3.64. The van der Waals surface area contributed by atoms with Gasteiger partial charge in [-0.05, 0) is 56.0 Å². The van der Waals surface area contributed by atoms with Gasteiger partial charge in [0, 0.05) is 5.56 Å². The minimum absolute atomic E-state index is 0.524. The van der Waals surface area contributed by atoms with Crippen molar-refractivity contribution in [1.29, 1.82) is 0 Å². The normalized spacial score (nSPS) is 12.2. The topological polar surface area (TPSA) is 29.5 Å². The van der Waals surface area contributed by atoms with Crippen LogP contribution in [0.25, 0.3) is 0 Å². The smallest absolute Gasteiger partial charge is 0.125 e. The molecule has 20 heavy (non-hydrogen) atoms. The lowest BCUT2D eigenvalue weighted by Gasteiger charge is -2.16. The molecule has 2 rings (SSSR count). The van der Waals surface area contributed by atoms with Crippen molar-refractivity contribution in [2.24, 2.45) is 0 Å². The first kappa shape index (κ1) is 14.6. The van der Waals surface area contributed by atoms with Gasteiger partial charge in [0.1, 0.15) is 12.4 Å². The molecule has 2 heteroatoms. The second kappa shape index (κ2) is 6.10. The predicted octanol–water partition coefficient (Wildman–Crippen LogP) is 4.24. The molecule has 0 saturated heterocycles. The minimum atomic E-state index is -0.524. The minimum Gasteiger partial charge on any atom is -0.488 e. The molecule has 0 fully saturated rings. The summed E-state index contributed by atoms with van der Waals surface area (Å²) in [5, 5.41) is 9.82. The molecule has 0 spiro atoms. The molecule has 0 bridgehead atoms. The van der Waals surface area contributed by atoms with Crippen molar-refractivity contribution in [3.05, 3.63) is 64.2 Å². The van der Waals surface area contributed by atoms with Crippen LogP contribution in [-0.2, 0) is 6.61 Å². The Bertz CT molecular complexity index is 580. The van der Waals surface area contributed by atoms with Crippen LogP contribution >= 0.6 is 0 Å². The molecule has 2 aromatic rings. The van der Waals surface area contributed by atoms with E-state index in [9.17, 15) is 5.11 Å². The van der Waals surface area contributed by atoms with Gasteiger partial charge in [0.25, 0.3) is 0 Å². The first-order valence-corrected chi connectivity index (χ1v) is 6.95. The van der Waals surface area contributed by atoms with Crippen molar-refractivity contribution in [2.75, 3.05) is 0 Å². The standard InChI is InChI=1S/C18H22O2/c1-12-8-9-16(15(4)19)18(10-12)20-11-17-13(2)6-5-7-14(17)3/h5-10,15,19H,11H2,1-4H3. The van der Waals surface area contributed by atoms with Crippen LogP contribution in [0.15, 0.2) is 36.4 Å². The lowest BCUT2D eigenvalue weighted by molar-refractivity contribution is 0.190. The van der Waals surface area contributed by atoms with Crippen molar-refractivity contribution in [2.45, 2.75) is 40.4 Å². The summed E-state index contributed by atoms with van der Waals surface area (Å²) >= 11 is 0. The molecular formula is C18H22O2. The summed E-state index contributed by atoms with van der Waals surface area (Å²) in [6.07, 6.45) is -0.524. The molecule has 2 aromatic carbocycles. The van der Waals surface area contributed by atoms with Crippen LogP contribution in [0.1, 0.15) is 40.8 Å². The highest BCUT2D eigenvalue weighted by Gasteiger charge is 2.10. The van der Waals surface area contributed by atoms with Gasteiger partial charge in [0.05, 0.1) is 6.10 Å². The average Bonchev–Trinajstić information content (AvgIpc) is 2.37. The monoisotopic (exact) mass is 270 g/mol. The van der Waals surface area contributed by atoms with Crippen LogP contribution < -0.4 is 4.74 Å². The Balaban J connectivity index is 2.25. The van der Waals surface area contributed by atoms with E-state index in [1.807, 2.05) is 25.1 Å². The van der Waals surface area contributed by atoms with Gasteiger partial charge >= 0.3 is 0 Å². The second-order valence-electron chi connectivity index (χ2n) is 5.38. The van der Waals surface area contributed by atoms with Crippen LogP contribution in [0.5, 0.6) is 5.75 Å². The molecule has 0 aromatic heterocycles. The van der Waals surface area contributed by atoms with Gasteiger partial charge in [-0.25, -0.2) is 0 Å². The van der Waals surface area contributed by atoms with E-state index >= 15 is 0 Å². The summed E-state index contributed by atoms with van der Waals surface area (Å²) in [5.74, 6) is 0.766. The number of benzene rings is 2. The molecule has 0 amide bonds. The predicted molar refractivity (Wildman–Crippen MR) is 82.1 cm³/mol. The molecule has 0 saturated carbocycles. The summed E-state index contributed by atoms with van der Waals surface area (Å²) in [4.78, 5) is 0. The van der Waals surface area contributed by atoms with Crippen molar-refractivity contribution in [3.8, 4) is 5.75 Å². The third kappa shape index (κ3) is 3.20. The fraction of sp³-hybridized carbons (Fsp3) is 0.333. The van der Waals surface area contributed by atoms with Crippen molar-refractivity contribution in [3.63, 3.8) is 0 Å². The fourth-order valence-electron chi connectivity index (χ4n) is 2.34. The Morgan fingerprint density at radius 2 is 1.70 bits per heavy atom. The Kier molecular flexibility index (Phi) is 4.46. The van der Waals surface area contributed by atoms with E-state index in [2.05, 4.69) is 32.0 Å². The lowest BCUT2D eigenvalue weighted by Crippen LogP contribution is -2.04.